The third kappa shape index (κ3) is 2.07. The Hall–Kier alpha value is -1.61. The van der Waals surface area contributed by atoms with Crippen LogP contribution in [0.4, 0.5) is 0 Å². The van der Waals surface area contributed by atoms with Crippen LogP contribution in [0.15, 0.2) is 35.4 Å². The standard InChI is InChI=1S/C11H9ClN2O/c12-5-1-2-8-3-4-10-9(6-8)11(15)14-7-13-10/h1-4,6-7H,5H2,(H,13,14,15). The van der Waals surface area contributed by atoms with Crippen LogP contribution in [-0.4, -0.2) is 15.8 Å². The summed E-state index contributed by atoms with van der Waals surface area (Å²) < 4.78 is 0. The lowest BCUT2D eigenvalue weighted by molar-refractivity contribution is 1.17. The molecule has 0 saturated carbocycles. The lowest BCUT2D eigenvalue weighted by atomic mass is 10.1. The van der Waals surface area contributed by atoms with Gasteiger partial charge in [0.25, 0.3) is 5.56 Å². The first-order valence-electron chi connectivity index (χ1n) is 4.51. The van der Waals surface area contributed by atoms with Crippen LogP contribution < -0.4 is 5.56 Å². The van der Waals surface area contributed by atoms with Crippen molar-refractivity contribution in [2.45, 2.75) is 0 Å². The Labute approximate surface area is 91.4 Å². The molecule has 2 aromatic rings. The highest BCUT2D eigenvalue weighted by molar-refractivity contribution is 6.19. The molecule has 0 atom stereocenters. The summed E-state index contributed by atoms with van der Waals surface area (Å²) in [6.45, 7) is 0. The number of nitrogens with one attached hydrogen (secondary N) is 1. The van der Waals surface area contributed by atoms with E-state index in [1.165, 1.54) is 6.33 Å². The zero-order valence-electron chi connectivity index (χ0n) is 7.90. The molecule has 3 nitrogen and oxygen atoms in total. The molecule has 0 aliphatic heterocycles. The number of aromatic amines is 1. The molecule has 0 spiro atoms. The van der Waals surface area contributed by atoms with Gasteiger partial charge in [0.1, 0.15) is 0 Å². The summed E-state index contributed by atoms with van der Waals surface area (Å²) >= 11 is 5.53. The SMILES string of the molecule is O=c1[nH]cnc2ccc(C=CCCl)cc12. The molecule has 1 aromatic heterocycles. The quantitative estimate of drug-likeness (QED) is 0.789. The summed E-state index contributed by atoms with van der Waals surface area (Å²) in [6.07, 6.45) is 5.10. The minimum absolute atomic E-state index is 0.124. The number of aromatic nitrogens is 2. The molecular formula is C11H9ClN2O. The van der Waals surface area contributed by atoms with Crippen molar-refractivity contribution in [3.63, 3.8) is 0 Å². The second kappa shape index (κ2) is 4.28. The molecule has 4 heteroatoms. The van der Waals surface area contributed by atoms with Crippen molar-refractivity contribution in [2.24, 2.45) is 0 Å². The summed E-state index contributed by atoms with van der Waals surface area (Å²) in [5.41, 5.74) is 1.52. The van der Waals surface area contributed by atoms with Gasteiger partial charge in [-0.25, -0.2) is 4.98 Å². The zero-order chi connectivity index (χ0) is 10.7. The van der Waals surface area contributed by atoms with Gasteiger partial charge in [-0.1, -0.05) is 18.2 Å². The van der Waals surface area contributed by atoms with E-state index < -0.39 is 0 Å². The van der Waals surface area contributed by atoms with Gasteiger partial charge >= 0.3 is 0 Å². The molecule has 0 bridgehead atoms. The van der Waals surface area contributed by atoms with Crippen molar-refractivity contribution in [2.75, 3.05) is 5.88 Å². The molecule has 0 radical (unpaired) electrons. The summed E-state index contributed by atoms with van der Waals surface area (Å²) in [7, 11) is 0. The number of nitrogens with zero attached hydrogens (tertiary/aromatic N) is 1. The largest absolute Gasteiger partial charge is 0.313 e. The summed E-state index contributed by atoms with van der Waals surface area (Å²) in [4.78, 5) is 18.1. The lowest BCUT2D eigenvalue weighted by Gasteiger charge is -1.97. The van der Waals surface area contributed by atoms with Gasteiger partial charge < -0.3 is 4.98 Å². The predicted octanol–water partition coefficient (Wildman–Crippen LogP) is 2.18. The number of benzene rings is 1. The Kier molecular flexibility index (Phi) is 2.83. The maximum atomic E-state index is 11.5. The molecule has 0 amide bonds. The smallest absolute Gasteiger partial charge is 0.258 e. The maximum absolute atomic E-state index is 11.5. The van der Waals surface area contributed by atoms with E-state index in [-0.39, 0.29) is 5.56 Å². The molecule has 1 heterocycles. The van der Waals surface area contributed by atoms with Crippen molar-refractivity contribution in [1.29, 1.82) is 0 Å². The van der Waals surface area contributed by atoms with Crippen LogP contribution in [0.2, 0.25) is 0 Å². The fourth-order valence-electron chi connectivity index (χ4n) is 1.37. The van der Waals surface area contributed by atoms with Crippen LogP contribution in [0, 0.1) is 0 Å². The van der Waals surface area contributed by atoms with Crippen LogP contribution in [0.3, 0.4) is 0 Å². The van der Waals surface area contributed by atoms with Gasteiger partial charge in [0.05, 0.1) is 17.2 Å². The Morgan fingerprint density at radius 1 is 1.47 bits per heavy atom. The van der Waals surface area contributed by atoms with Gasteiger partial charge in [0, 0.05) is 5.88 Å². The average Bonchev–Trinajstić information content (AvgIpc) is 2.27. The minimum Gasteiger partial charge on any atom is -0.313 e. The predicted molar refractivity (Wildman–Crippen MR) is 62.1 cm³/mol. The number of hydrogen-bond donors (Lipinski definition) is 1. The summed E-state index contributed by atoms with van der Waals surface area (Å²) in [5.74, 6) is 0.460. The zero-order valence-corrected chi connectivity index (χ0v) is 8.66. The molecule has 76 valence electrons. The Balaban J connectivity index is 2.60. The molecule has 0 aliphatic carbocycles. The first kappa shape index (κ1) is 9.93. The van der Waals surface area contributed by atoms with E-state index in [4.69, 9.17) is 11.6 Å². The van der Waals surface area contributed by atoms with E-state index in [9.17, 15) is 4.79 Å². The van der Waals surface area contributed by atoms with E-state index in [1.807, 2.05) is 24.3 Å². The Bertz CT molecular complexity index is 560. The molecule has 1 aromatic carbocycles. The molecular weight excluding hydrogens is 212 g/mol. The van der Waals surface area contributed by atoms with Crippen molar-refractivity contribution in [1.82, 2.24) is 9.97 Å². The molecule has 15 heavy (non-hydrogen) atoms. The van der Waals surface area contributed by atoms with Crippen molar-refractivity contribution >= 4 is 28.6 Å². The van der Waals surface area contributed by atoms with E-state index in [0.29, 0.717) is 16.8 Å². The monoisotopic (exact) mass is 220 g/mol. The second-order valence-electron chi connectivity index (χ2n) is 3.06. The van der Waals surface area contributed by atoms with Gasteiger partial charge in [-0.2, -0.15) is 0 Å². The van der Waals surface area contributed by atoms with Crippen molar-refractivity contribution in [3.05, 3.63) is 46.5 Å². The third-order valence-corrected chi connectivity index (χ3v) is 2.24. The first-order chi connectivity index (χ1) is 7.31. The fourth-order valence-corrected chi connectivity index (χ4v) is 1.46. The number of allylic oxidation sites excluding steroid dienone is 1. The summed E-state index contributed by atoms with van der Waals surface area (Å²) in [5, 5.41) is 0.592. The van der Waals surface area contributed by atoms with Crippen LogP contribution in [0.5, 0.6) is 0 Å². The minimum atomic E-state index is -0.124. The van der Waals surface area contributed by atoms with Crippen LogP contribution in [-0.2, 0) is 0 Å². The molecule has 1 N–H and O–H groups in total. The van der Waals surface area contributed by atoms with Crippen molar-refractivity contribution in [3.8, 4) is 0 Å². The van der Waals surface area contributed by atoms with E-state index in [0.717, 1.165) is 5.56 Å². The van der Waals surface area contributed by atoms with Gasteiger partial charge in [0.15, 0.2) is 0 Å². The number of H-pyrrole nitrogens is 1. The average molecular weight is 221 g/mol. The summed E-state index contributed by atoms with van der Waals surface area (Å²) in [6, 6.07) is 5.51. The third-order valence-electron chi connectivity index (χ3n) is 2.06. The second-order valence-corrected chi connectivity index (χ2v) is 3.37. The molecule has 0 unspecified atom stereocenters. The van der Waals surface area contributed by atoms with Crippen LogP contribution in [0.1, 0.15) is 5.56 Å². The molecule has 0 aliphatic rings. The molecule has 2 rings (SSSR count). The highest BCUT2D eigenvalue weighted by Crippen LogP contribution is 2.10. The number of rotatable bonds is 2. The topological polar surface area (TPSA) is 45.8 Å². The number of fused-ring (bicyclic) bond motifs is 1. The van der Waals surface area contributed by atoms with E-state index >= 15 is 0 Å². The fraction of sp³-hybridized carbons (Fsp3) is 0.0909. The van der Waals surface area contributed by atoms with Gasteiger partial charge in [-0.3, -0.25) is 4.79 Å². The number of alkyl halides is 1. The maximum Gasteiger partial charge on any atom is 0.258 e. The first-order valence-corrected chi connectivity index (χ1v) is 5.04. The number of halogens is 1. The van der Waals surface area contributed by atoms with Crippen LogP contribution >= 0.6 is 11.6 Å². The lowest BCUT2D eigenvalue weighted by Crippen LogP contribution is -2.05. The molecule has 0 fully saturated rings. The highest BCUT2D eigenvalue weighted by atomic mass is 35.5. The highest BCUT2D eigenvalue weighted by Gasteiger charge is 1.98. The normalized spacial score (nSPS) is 11.3. The number of hydrogen-bond acceptors (Lipinski definition) is 2. The van der Waals surface area contributed by atoms with Crippen molar-refractivity contribution < 1.29 is 0 Å². The Morgan fingerprint density at radius 3 is 3.13 bits per heavy atom. The molecule has 0 saturated heterocycles. The Morgan fingerprint density at radius 2 is 2.33 bits per heavy atom. The van der Waals surface area contributed by atoms with E-state index in [1.54, 1.807) is 6.07 Å². The van der Waals surface area contributed by atoms with Crippen LogP contribution in [0.25, 0.3) is 17.0 Å². The van der Waals surface area contributed by atoms with E-state index in [2.05, 4.69) is 9.97 Å². The van der Waals surface area contributed by atoms with Gasteiger partial charge in [0.2, 0.25) is 0 Å². The van der Waals surface area contributed by atoms with Gasteiger partial charge in [-0.15, -0.1) is 11.6 Å². The van der Waals surface area contributed by atoms with Gasteiger partial charge in [-0.05, 0) is 17.7 Å².